The fraction of sp³-hybridized carbons (Fsp3) is 0.118. The fourth-order valence-corrected chi connectivity index (χ4v) is 2.03. The van der Waals surface area contributed by atoms with Gasteiger partial charge in [0.2, 0.25) is 0 Å². The van der Waals surface area contributed by atoms with E-state index in [0.29, 0.717) is 22.0 Å². The van der Waals surface area contributed by atoms with Gasteiger partial charge in [-0.1, -0.05) is 23.7 Å². The van der Waals surface area contributed by atoms with Gasteiger partial charge in [-0.05, 0) is 48.9 Å². The van der Waals surface area contributed by atoms with Crippen molar-refractivity contribution < 1.29 is 9.53 Å². The summed E-state index contributed by atoms with van der Waals surface area (Å²) >= 11 is 5.96. The van der Waals surface area contributed by atoms with Gasteiger partial charge in [-0.25, -0.2) is 5.43 Å². The van der Waals surface area contributed by atoms with Crippen LogP contribution in [0.2, 0.25) is 5.02 Å². The predicted octanol–water partition coefficient (Wildman–Crippen LogP) is 3.40. The molecule has 5 nitrogen and oxygen atoms in total. The number of nitriles is 1. The number of halogens is 1. The number of nitrogens with one attached hydrogen (secondary N) is 1. The van der Waals surface area contributed by atoms with Crippen molar-refractivity contribution in [2.24, 2.45) is 5.10 Å². The van der Waals surface area contributed by atoms with E-state index in [-0.39, 0.29) is 12.5 Å². The molecular weight excluding hydrogens is 314 g/mol. The van der Waals surface area contributed by atoms with Gasteiger partial charge in [0.05, 0.1) is 16.3 Å². The molecule has 0 atom stereocenters. The molecule has 0 spiro atoms. The number of benzene rings is 2. The van der Waals surface area contributed by atoms with Gasteiger partial charge in [0.15, 0.2) is 6.61 Å². The molecule has 6 heteroatoms. The zero-order valence-electron chi connectivity index (χ0n) is 12.4. The van der Waals surface area contributed by atoms with E-state index in [1.165, 1.54) is 0 Å². The third-order valence-corrected chi connectivity index (χ3v) is 3.35. The Kier molecular flexibility index (Phi) is 5.73. The Balaban J connectivity index is 2.04. The van der Waals surface area contributed by atoms with Crippen LogP contribution in [0.3, 0.4) is 0 Å². The minimum atomic E-state index is -0.371. The minimum Gasteiger partial charge on any atom is -0.479 e. The SMILES string of the molecule is C/C(=N/NC(=O)c1ccccc1Cl)c1ccc(OCC#N)cc1. The number of hydrogen-bond acceptors (Lipinski definition) is 4. The molecule has 0 aliphatic carbocycles. The summed E-state index contributed by atoms with van der Waals surface area (Å²) in [6.07, 6.45) is 0. The maximum absolute atomic E-state index is 12.0. The molecule has 0 aromatic heterocycles. The third-order valence-electron chi connectivity index (χ3n) is 3.02. The van der Waals surface area contributed by atoms with E-state index in [1.807, 2.05) is 6.07 Å². The topological polar surface area (TPSA) is 74.5 Å². The molecule has 2 aromatic rings. The summed E-state index contributed by atoms with van der Waals surface area (Å²) in [4.78, 5) is 12.0. The lowest BCUT2D eigenvalue weighted by Gasteiger charge is -2.05. The molecule has 0 aliphatic heterocycles. The van der Waals surface area contributed by atoms with Crippen LogP contribution in [0, 0.1) is 11.3 Å². The number of carbonyl (C=O) groups excluding carboxylic acids is 1. The maximum Gasteiger partial charge on any atom is 0.272 e. The lowest BCUT2D eigenvalue weighted by atomic mass is 10.1. The van der Waals surface area contributed by atoms with Gasteiger partial charge in [0.25, 0.3) is 5.91 Å². The Morgan fingerprint density at radius 3 is 2.61 bits per heavy atom. The van der Waals surface area contributed by atoms with Gasteiger partial charge in [-0.2, -0.15) is 10.4 Å². The summed E-state index contributed by atoms with van der Waals surface area (Å²) in [5, 5.41) is 12.9. The lowest BCUT2D eigenvalue weighted by molar-refractivity contribution is 0.0955. The van der Waals surface area contributed by atoms with Crippen molar-refractivity contribution in [1.29, 1.82) is 5.26 Å². The van der Waals surface area contributed by atoms with Gasteiger partial charge in [0, 0.05) is 0 Å². The molecule has 1 amide bonds. The Labute approximate surface area is 139 Å². The smallest absolute Gasteiger partial charge is 0.272 e. The third kappa shape index (κ3) is 4.56. The Morgan fingerprint density at radius 1 is 1.26 bits per heavy atom. The highest BCUT2D eigenvalue weighted by Gasteiger charge is 2.08. The van der Waals surface area contributed by atoms with Crippen molar-refractivity contribution in [2.45, 2.75) is 6.92 Å². The number of hydrogen-bond donors (Lipinski definition) is 1. The summed E-state index contributed by atoms with van der Waals surface area (Å²) in [7, 11) is 0. The van der Waals surface area contributed by atoms with Crippen molar-refractivity contribution >= 4 is 23.2 Å². The second kappa shape index (κ2) is 7.97. The molecule has 2 aromatic carbocycles. The molecule has 23 heavy (non-hydrogen) atoms. The first-order valence-corrected chi connectivity index (χ1v) is 7.19. The fourth-order valence-electron chi connectivity index (χ4n) is 1.81. The number of rotatable bonds is 5. The van der Waals surface area contributed by atoms with E-state index >= 15 is 0 Å². The van der Waals surface area contributed by atoms with Gasteiger partial charge >= 0.3 is 0 Å². The highest BCUT2D eigenvalue weighted by atomic mass is 35.5. The van der Waals surface area contributed by atoms with Crippen molar-refractivity contribution in [3.8, 4) is 11.8 Å². The monoisotopic (exact) mass is 327 g/mol. The number of carbonyl (C=O) groups is 1. The number of nitrogens with zero attached hydrogens (tertiary/aromatic N) is 2. The lowest BCUT2D eigenvalue weighted by Crippen LogP contribution is -2.19. The van der Waals surface area contributed by atoms with Gasteiger partial charge in [0.1, 0.15) is 11.8 Å². The molecule has 0 bridgehead atoms. The number of ether oxygens (including phenoxy) is 1. The van der Waals surface area contributed by atoms with Crippen molar-refractivity contribution in [3.63, 3.8) is 0 Å². The van der Waals surface area contributed by atoms with E-state index in [9.17, 15) is 4.79 Å². The zero-order valence-corrected chi connectivity index (χ0v) is 13.2. The van der Waals surface area contributed by atoms with Crippen molar-refractivity contribution in [2.75, 3.05) is 6.61 Å². The van der Waals surface area contributed by atoms with Crippen LogP contribution in [0.15, 0.2) is 53.6 Å². The molecule has 116 valence electrons. The molecular formula is C17H14ClN3O2. The van der Waals surface area contributed by atoms with Crippen LogP contribution in [0.5, 0.6) is 5.75 Å². The molecule has 1 N–H and O–H groups in total. The first kappa shape index (κ1) is 16.5. The molecule has 0 saturated heterocycles. The normalized spacial score (nSPS) is 10.7. The van der Waals surface area contributed by atoms with Gasteiger partial charge in [-0.15, -0.1) is 0 Å². The molecule has 0 fully saturated rings. The largest absolute Gasteiger partial charge is 0.479 e. The average molecular weight is 328 g/mol. The first-order chi connectivity index (χ1) is 11.1. The molecule has 0 unspecified atom stereocenters. The van der Waals surface area contributed by atoms with Crippen molar-refractivity contribution in [1.82, 2.24) is 5.43 Å². The van der Waals surface area contributed by atoms with E-state index in [1.54, 1.807) is 55.5 Å². The zero-order chi connectivity index (χ0) is 16.7. The number of amides is 1. The summed E-state index contributed by atoms with van der Waals surface area (Å²) < 4.78 is 5.17. The van der Waals surface area contributed by atoms with Crippen LogP contribution >= 0.6 is 11.6 Å². The highest BCUT2D eigenvalue weighted by molar-refractivity contribution is 6.33. The molecule has 0 radical (unpaired) electrons. The Morgan fingerprint density at radius 2 is 1.96 bits per heavy atom. The van der Waals surface area contributed by atoms with Gasteiger partial charge in [-0.3, -0.25) is 4.79 Å². The van der Waals surface area contributed by atoms with E-state index in [0.717, 1.165) is 5.56 Å². The van der Waals surface area contributed by atoms with Crippen LogP contribution in [-0.4, -0.2) is 18.2 Å². The highest BCUT2D eigenvalue weighted by Crippen LogP contribution is 2.15. The summed E-state index contributed by atoms with van der Waals surface area (Å²) in [5.74, 6) is 0.229. The van der Waals surface area contributed by atoms with E-state index in [2.05, 4.69) is 10.5 Å². The van der Waals surface area contributed by atoms with E-state index in [4.69, 9.17) is 21.6 Å². The van der Waals surface area contributed by atoms with Crippen LogP contribution in [0.1, 0.15) is 22.8 Å². The molecule has 0 aliphatic rings. The van der Waals surface area contributed by atoms with Crippen LogP contribution < -0.4 is 10.2 Å². The first-order valence-electron chi connectivity index (χ1n) is 6.81. The Bertz CT molecular complexity index is 764. The number of hydrazone groups is 1. The van der Waals surface area contributed by atoms with Crippen molar-refractivity contribution in [3.05, 3.63) is 64.7 Å². The Hall–Kier alpha value is -2.84. The van der Waals surface area contributed by atoms with E-state index < -0.39 is 0 Å². The molecule has 2 rings (SSSR count). The van der Waals surface area contributed by atoms with Gasteiger partial charge < -0.3 is 4.74 Å². The second-order valence-electron chi connectivity index (χ2n) is 4.59. The standard InChI is InChI=1S/C17H14ClN3O2/c1-12(13-6-8-14(9-7-13)23-11-10-19)20-21-17(22)15-4-2-3-5-16(15)18/h2-9H,11H2,1H3,(H,21,22)/b20-12-. The minimum absolute atomic E-state index is 0.000308. The predicted molar refractivity (Wildman–Crippen MR) is 88.7 cm³/mol. The van der Waals surface area contributed by atoms with Crippen LogP contribution in [0.4, 0.5) is 0 Å². The molecule has 0 heterocycles. The quantitative estimate of drug-likeness (QED) is 0.675. The second-order valence-corrected chi connectivity index (χ2v) is 5.00. The molecule has 0 saturated carbocycles. The maximum atomic E-state index is 12.0. The van der Waals surface area contributed by atoms with Crippen LogP contribution in [-0.2, 0) is 0 Å². The van der Waals surface area contributed by atoms with Crippen LogP contribution in [0.25, 0.3) is 0 Å². The summed E-state index contributed by atoms with van der Waals surface area (Å²) in [6.45, 7) is 1.78. The summed E-state index contributed by atoms with van der Waals surface area (Å²) in [6, 6.07) is 15.7. The summed E-state index contributed by atoms with van der Waals surface area (Å²) in [5.41, 5.74) is 4.31. The average Bonchev–Trinajstić information content (AvgIpc) is 2.58.